The van der Waals surface area contributed by atoms with Crippen LogP contribution in [0, 0.1) is 0 Å². The number of hydrogen-bond donors (Lipinski definition) is 2. The maximum atomic E-state index is 9.91. The third-order valence-electron chi connectivity index (χ3n) is 3.98. The van der Waals surface area contributed by atoms with Crippen LogP contribution >= 0.6 is 0 Å². The van der Waals surface area contributed by atoms with Crippen LogP contribution in [0.5, 0.6) is 0 Å². The lowest BCUT2D eigenvalue weighted by Crippen LogP contribution is -2.21. The fourth-order valence-corrected chi connectivity index (χ4v) is 3.06. The molecule has 0 spiro atoms. The maximum Gasteiger partial charge on any atom is 0.125 e. The average molecular weight is 221 g/mol. The number of aliphatic hydroxyl groups is 1. The van der Waals surface area contributed by atoms with Crippen molar-refractivity contribution in [3.8, 4) is 0 Å². The summed E-state index contributed by atoms with van der Waals surface area (Å²) in [5.41, 5.74) is 8.57. The quantitative estimate of drug-likeness (QED) is 0.754. The van der Waals surface area contributed by atoms with E-state index in [4.69, 9.17) is 5.73 Å². The number of rotatable bonds is 1. The number of anilines is 1. The highest BCUT2D eigenvalue weighted by Crippen LogP contribution is 2.35. The van der Waals surface area contributed by atoms with Gasteiger partial charge in [-0.25, -0.2) is 4.68 Å². The molecule has 0 saturated heterocycles. The number of hydrogen-bond acceptors (Lipinski definition) is 3. The van der Waals surface area contributed by atoms with Crippen molar-refractivity contribution in [2.75, 3.05) is 5.73 Å². The first-order valence-electron chi connectivity index (χ1n) is 6.31. The number of nitrogens with two attached hydrogens (primary N) is 1. The van der Waals surface area contributed by atoms with Gasteiger partial charge in [-0.2, -0.15) is 5.10 Å². The molecule has 0 aliphatic heterocycles. The Balaban J connectivity index is 1.98. The smallest absolute Gasteiger partial charge is 0.125 e. The van der Waals surface area contributed by atoms with E-state index in [-0.39, 0.29) is 12.1 Å². The molecule has 1 saturated carbocycles. The summed E-state index contributed by atoms with van der Waals surface area (Å²) >= 11 is 0. The van der Waals surface area contributed by atoms with Gasteiger partial charge in [0.15, 0.2) is 0 Å². The molecule has 2 atom stereocenters. The van der Waals surface area contributed by atoms with Crippen LogP contribution < -0.4 is 5.73 Å². The van der Waals surface area contributed by atoms with E-state index in [1.807, 2.05) is 4.68 Å². The van der Waals surface area contributed by atoms with E-state index in [2.05, 4.69) is 5.10 Å². The Labute approximate surface area is 95.4 Å². The summed E-state index contributed by atoms with van der Waals surface area (Å²) in [5.74, 6) is 0.806. The molecule has 3 N–H and O–H groups in total. The Hall–Kier alpha value is -1.03. The number of fused-ring (bicyclic) bond motifs is 1. The second-order valence-corrected chi connectivity index (χ2v) is 5.03. The van der Waals surface area contributed by atoms with Crippen molar-refractivity contribution in [2.45, 2.75) is 57.1 Å². The van der Waals surface area contributed by atoms with Crippen molar-refractivity contribution in [1.29, 1.82) is 0 Å². The third-order valence-corrected chi connectivity index (χ3v) is 3.98. The summed E-state index contributed by atoms with van der Waals surface area (Å²) in [7, 11) is 0. The van der Waals surface area contributed by atoms with Gasteiger partial charge in [-0.05, 0) is 44.9 Å². The second-order valence-electron chi connectivity index (χ2n) is 5.03. The molecule has 0 radical (unpaired) electrons. The molecular weight excluding hydrogens is 202 g/mol. The molecule has 2 aliphatic rings. The molecule has 0 aromatic carbocycles. The van der Waals surface area contributed by atoms with Crippen molar-refractivity contribution >= 4 is 5.82 Å². The monoisotopic (exact) mass is 221 g/mol. The average Bonchev–Trinajstić information content (AvgIpc) is 2.84. The molecule has 3 rings (SSSR count). The summed E-state index contributed by atoms with van der Waals surface area (Å²) in [6.07, 6.45) is 7.26. The van der Waals surface area contributed by atoms with Gasteiger partial charge in [-0.15, -0.1) is 0 Å². The van der Waals surface area contributed by atoms with Gasteiger partial charge < -0.3 is 10.8 Å². The first-order valence-corrected chi connectivity index (χ1v) is 6.31. The molecule has 4 nitrogen and oxygen atoms in total. The van der Waals surface area contributed by atoms with Crippen molar-refractivity contribution in [1.82, 2.24) is 9.78 Å². The van der Waals surface area contributed by atoms with E-state index < -0.39 is 0 Å². The van der Waals surface area contributed by atoms with Crippen LogP contribution in [0.4, 0.5) is 5.82 Å². The third kappa shape index (κ3) is 1.44. The lowest BCUT2D eigenvalue weighted by Gasteiger charge is -2.16. The fourth-order valence-electron chi connectivity index (χ4n) is 3.06. The van der Waals surface area contributed by atoms with Crippen molar-refractivity contribution in [2.24, 2.45) is 0 Å². The Kier molecular flexibility index (Phi) is 2.39. The second kappa shape index (κ2) is 3.77. The zero-order chi connectivity index (χ0) is 11.1. The van der Waals surface area contributed by atoms with Gasteiger partial charge in [-0.3, -0.25) is 0 Å². The largest absolute Gasteiger partial charge is 0.391 e. The Morgan fingerprint density at radius 1 is 1.19 bits per heavy atom. The highest BCUT2D eigenvalue weighted by atomic mass is 16.3. The molecule has 1 heterocycles. The summed E-state index contributed by atoms with van der Waals surface area (Å²) in [4.78, 5) is 0. The van der Waals surface area contributed by atoms with E-state index in [1.54, 1.807) is 0 Å². The Bertz CT molecular complexity index is 399. The fraction of sp³-hybridized carbons (Fsp3) is 0.750. The minimum Gasteiger partial charge on any atom is -0.391 e. The van der Waals surface area contributed by atoms with Crippen molar-refractivity contribution in [3.63, 3.8) is 0 Å². The van der Waals surface area contributed by atoms with Crippen LogP contribution in [0.3, 0.4) is 0 Å². The lowest BCUT2D eigenvalue weighted by atomic mass is 9.98. The molecule has 0 bridgehead atoms. The van der Waals surface area contributed by atoms with Gasteiger partial charge in [0.25, 0.3) is 0 Å². The van der Waals surface area contributed by atoms with Crippen molar-refractivity contribution < 1.29 is 5.11 Å². The molecule has 1 aromatic rings. The molecule has 2 aliphatic carbocycles. The summed E-state index contributed by atoms with van der Waals surface area (Å²) < 4.78 is 1.90. The first kappa shape index (κ1) is 10.1. The molecule has 0 amide bonds. The predicted molar refractivity (Wildman–Crippen MR) is 62.2 cm³/mol. The van der Waals surface area contributed by atoms with E-state index in [1.165, 1.54) is 24.1 Å². The number of aliphatic hydroxyl groups excluding tert-OH is 1. The number of aryl methyl sites for hydroxylation is 1. The van der Waals surface area contributed by atoms with Gasteiger partial charge in [0, 0.05) is 5.56 Å². The number of aromatic nitrogens is 2. The molecule has 88 valence electrons. The van der Waals surface area contributed by atoms with Crippen molar-refractivity contribution in [3.05, 3.63) is 11.3 Å². The number of nitrogens with zero attached hydrogens (tertiary/aromatic N) is 2. The molecule has 16 heavy (non-hydrogen) atoms. The SMILES string of the molecule is Nc1c2c(nn1C1CCCC1O)CCCC2. The van der Waals surface area contributed by atoms with Crippen LogP contribution in [-0.2, 0) is 12.8 Å². The van der Waals surface area contributed by atoms with Gasteiger partial charge in [0.1, 0.15) is 5.82 Å². The highest BCUT2D eigenvalue weighted by molar-refractivity contribution is 5.45. The van der Waals surface area contributed by atoms with Gasteiger partial charge >= 0.3 is 0 Å². The molecule has 1 aromatic heterocycles. The normalized spacial score (nSPS) is 29.3. The van der Waals surface area contributed by atoms with E-state index in [9.17, 15) is 5.11 Å². The Morgan fingerprint density at radius 2 is 2.00 bits per heavy atom. The van der Waals surface area contributed by atoms with Crippen LogP contribution in [0.1, 0.15) is 49.4 Å². The van der Waals surface area contributed by atoms with Gasteiger partial charge in [-0.1, -0.05) is 0 Å². The van der Waals surface area contributed by atoms with Gasteiger partial charge in [0.05, 0.1) is 17.8 Å². The molecule has 4 heteroatoms. The molecule has 2 unspecified atom stereocenters. The Morgan fingerprint density at radius 3 is 2.69 bits per heavy atom. The predicted octanol–water partition coefficient (Wildman–Crippen LogP) is 1.43. The van der Waals surface area contributed by atoms with E-state index in [0.717, 1.165) is 37.9 Å². The summed E-state index contributed by atoms with van der Waals surface area (Å²) in [6.45, 7) is 0. The lowest BCUT2D eigenvalue weighted by molar-refractivity contribution is 0.131. The standard InChI is InChI=1S/C12H19N3O/c13-12-8-4-1-2-5-9(8)14-15(12)10-6-3-7-11(10)16/h10-11,16H,1-7,13H2. The number of nitrogen functional groups attached to an aromatic ring is 1. The zero-order valence-corrected chi connectivity index (χ0v) is 9.52. The zero-order valence-electron chi connectivity index (χ0n) is 9.52. The van der Waals surface area contributed by atoms with Crippen LogP contribution in [0.15, 0.2) is 0 Å². The van der Waals surface area contributed by atoms with Gasteiger partial charge in [0.2, 0.25) is 0 Å². The van der Waals surface area contributed by atoms with Crippen LogP contribution in [-0.4, -0.2) is 21.0 Å². The molecule has 1 fully saturated rings. The minimum absolute atomic E-state index is 0.116. The van der Waals surface area contributed by atoms with Crippen LogP contribution in [0.2, 0.25) is 0 Å². The minimum atomic E-state index is -0.261. The topological polar surface area (TPSA) is 64.1 Å². The van der Waals surface area contributed by atoms with E-state index in [0.29, 0.717) is 0 Å². The van der Waals surface area contributed by atoms with E-state index >= 15 is 0 Å². The summed E-state index contributed by atoms with van der Waals surface area (Å²) in [6, 6.07) is 0.116. The van der Waals surface area contributed by atoms with Crippen LogP contribution in [0.25, 0.3) is 0 Å². The highest BCUT2D eigenvalue weighted by Gasteiger charge is 2.31. The first-order chi connectivity index (χ1) is 7.77. The maximum absolute atomic E-state index is 9.91. The summed E-state index contributed by atoms with van der Waals surface area (Å²) in [5, 5.41) is 14.5. The molecular formula is C12H19N3O.